The highest BCUT2D eigenvalue weighted by Crippen LogP contribution is 2.45. The number of allylic oxidation sites excluding steroid dienone is 30. The summed E-state index contributed by atoms with van der Waals surface area (Å²) in [7, 11) is -10.0. The number of rotatable bonds is 73. The van der Waals surface area contributed by atoms with Crippen molar-refractivity contribution in [3.05, 3.63) is 182 Å². The first-order chi connectivity index (χ1) is 51.7. The highest BCUT2D eigenvalue weighted by Gasteiger charge is 2.30. The van der Waals surface area contributed by atoms with Crippen LogP contribution in [0.1, 0.15) is 285 Å². The van der Waals surface area contributed by atoms with E-state index in [-0.39, 0.29) is 25.7 Å². The van der Waals surface area contributed by atoms with Crippen LogP contribution in [-0.4, -0.2) is 96.7 Å². The van der Waals surface area contributed by atoms with E-state index in [1.54, 1.807) is 0 Å². The van der Waals surface area contributed by atoms with Crippen LogP contribution in [0.5, 0.6) is 0 Å². The van der Waals surface area contributed by atoms with Crippen LogP contribution in [0.4, 0.5) is 0 Å². The summed E-state index contributed by atoms with van der Waals surface area (Å²) in [5, 5.41) is 10.6. The van der Waals surface area contributed by atoms with Gasteiger partial charge in [0.15, 0.2) is 12.2 Å². The second-order valence-corrected chi connectivity index (χ2v) is 28.8. The average molecular weight is 1520 g/mol. The molecule has 19 heteroatoms. The fourth-order valence-electron chi connectivity index (χ4n) is 9.82. The highest BCUT2D eigenvalue weighted by molar-refractivity contribution is 7.47. The Labute approximate surface area is 641 Å². The van der Waals surface area contributed by atoms with Crippen molar-refractivity contribution >= 4 is 39.5 Å². The number of esters is 4. The lowest BCUT2D eigenvalue weighted by molar-refractivity contribution is -0.161. The Morgan fingerprint density at radius 3 is 0.821 bits per heavy atom. The molecule has 3 N–H and O–H groups in total. The van der Waals surface area contributed by atoms with Gasteiger partial charge < -0.3 is 33.8 Å². The molecule has 0 aliphatic carbocycles. The summed E-state index contributed by atoms with van der Waals surface area (Å²) in [6.07, 6.45) is 93.3. The molecule has 0 aromatic carbocycles. The van der Waals surface area contributed by atoms with Gasteiger partial charge in [0.1, 0.15) is 19.3 Å². The van der Waals surface area contributed by atoms with Crippen LogP contribution in [0, 0.1) is 0 Å². The minimum atomic E-state index is -5.01. The van der Waals surface area contributed by atoms with Crippen molar-refractivity contribution in [1.82, 2.24) is 0 Å². The molecule has 600 valence electrons. The maximum Gasteiger partial charge on any atom is 0.472 e. The molecule has 106 heavy (non-hydrogen) atoms. The number of phosphoric acid groups is 2. The van der Waals surface area contributed by atoms with Gasteiger partial charge in [0.05, 0.1) is 26.4 Å². The van der Waals surface area contributed by atoms with E-state index in [2.05, 4.69) is 174 Å². The Kier molecular flexibility index (Phi) is 73.1. The van der Waals surface area contributed by atoms with Gasteiger partial charge in [0.25, 0.3) is 0 Å². The molecule has 0 bridgehead atoms. The predicted octanol–water partition coefficient (Wildman–Crippen LogP) is 23.6. The summed E-state index contributed by atoms with van der Waals surface area (Å²) >= 11 is 0. The van der Waals surface area contributed by atoms with Gasteiger partial charge >= 0.3 is 39.5 Å². The van der Waals surface area contributed by atoms with Crippen LogP contribution in [0.2, 0.25) is 0 Å². The molecule has 0 saturated heterocycles. The summed E-state index contributed by atoms with van der Waals surface area (Å²) < 4.78 is 68.4. The zero-order valence-electron chi connectivity index (χ0n) is 65.5. The quantitative estimate of drug-likeness (QED) is 0.0169. The van der Waals surface area contributed by atoms with E-state index in [9.17, 15) is 43.2 Å². The average Bonchev–Trinajstić information content (AvgIpc) is 0.933. The number of aliphatic hydroxyl groups is 1. The molecule has 0 aromatic rings. The molecule has 17 nitrogen and oxygen atoms in total. The van der Waals surface area contributed by atoms with E-state index in [4.69, 9.17) is 37.0 Å². The highest BCUT2D eigenvalue weighted by atomic mass is 31.2. The van der Waals surface area contributed by atoms with Gasteiger partial charge in [0.2, 0.25) is 0 Å². The Hall–Kier alpha value is -5.84. The van der Waals surface area contributed by atoms with Crippen LogP contribution in [-0.2, 0) is 65.4 Å². The Bertz CT molecular complexity index is 2730. The topological polar surface area (TPSA) is 237 Å². The van der Waals surface area contributed by atoms with Crippen molar-refractivity contribution in [3.63, 3.8) is 0 Å². The third-order valence-electron chi connectivity index (χ3n) is 15.9. The smallest absolute Gasteiger partial charge is 0.462 e. The van der Waals surface area contributed by atoms with Gasteiger partial charge in [-0.25, -0.2) is 9.13 Å². The lowest BCUT2D eigenvalue weighted by Gasteiger charge is -2.21. The molecule has 0 fully saturated rings. The zero-order valence-corrected chi connectivity index (χ0v) is 67.3. The van der Waals surface area contributed by atoms with Gasteiger partial charge in [-0.05, 0) is 161 Å². The molecule has 0 rings (SSSR count). The van der Waals surface area contributed by atoms with E-state index in [1.165, 1.54) is 44.9 Å². The largest absolute Gasteiger partial charge is 0.472 e. The van der Waals surface area contributed by atoms with Gasteiger partial charge in [-0.2, -0.15) is 0 Å². The number of phosphoric ester groups is 2. The van der Waals surface area contributed by atoms with Gasteiger partial charge in [0, 0.05) is 25.7 Å². The van der Waals surface area contributed by atoms with E-state index >= 15 is 0 Å². The summed E-state index contributed by atoms with van der Waals surface area (Å²) in [5.41, 5.74) is 0. The van der Waals surface area contributed by atoms with E-state index < -0.39 is 97.5 Å². The summed E-state index contributed by atoms with van der Waals surface area (Å²) in [6, 6.07) is 0. The molecular weight excluding hydrogens is 1380 g/mol. The van der Waals surface area contributed by atoms with Crippen LogP contribution < -0.4 is 0 Å². The number of hydrogen-bond donors (Lipinski definition) is 3. The molecule has 0 aromatic heterocycles. The van der Waals surface area contributed by atoms with Crippen molar-refractivity contribution in [3.8, 4) is 0 Å². The molecule has 0 saturated carbocycles. The number of hydrogen-bond acceptors (Lipinski definition) is 15. The second-order valence-electron chi connectivity index (χ2n) is 25.9. The number of ether oxygens (including phenoxy) is 4. The number of aliphatic hydroxyl groups excluding tert-OH is 1. The zero-order chi connectivity index (χ0) is 77.4. The van der Waals surface area contributed by atoms with Gasteiger partial charge in [-0.1, -0.05) is 281 Å². The molecular formula is C87H140O17P2. The molecule has 0 aliphatic rings. The number of unbranched alkanes of at least 4 members (excludes halogenated alkanes) is 17. The fourth-order valence-corrected chi connectivity index (χ4v) is 11.4. The number of carbonyl (C=O) groups excluding carboxylic acids is 4. The molecule has 5 unspecified atom stereocenters. The minimum absolute atomic E-state index is 0.0254. The Balaban J connectivity index is 5.51. The molecule has 0 radical (unpaired) electrons. The van der Waals surface area contributed by atoms with Crippen LogP contribution in [0.25, 0.3) is 0 Å². The monoisotopic (exact) mass is 1520 g/mol. The van der Waals surface area contributed by atoms with Crippen molar-refractivity contribution in [2.75, 3.05) is 39.6 Å². The lowest BCUT2D eigenvalue weighted by atomic mass is 10.1. The van der Waals surface area contributed by atoms with Crippen molar-refractivity contribution < 1.29 is 80.2 Å². The summed E-state index contributed by atoms with van der Waals surface area (Å²) in [5.74, 6) is -2.41. The predicted molar refractivity (Wildman–Crippen MR) is 436 cm³/mol. The van der Waals surface area contributed by atoms with Crippen LogP contribution in [0.15, 0.2) is 182 Å². The van der Waals surface area contributed by atoms with Crippen molar-refractivity contribution in [2.45, 2.75) is 303 Å². The van der Waals surface area contributed by atoms with Crippen molar-refractivity contribution in [2.24, 2.45) is 0 Å². The van der Waals surface area contributed by atoms with Crippen molar-refractivity contribution in [1.29, 1.82) is 0 Å². The Morgan fingerprint density at radius 1 is 0.274 bits per heavy atom. The minimum Gasteiger partial charge on any atom is -0.462 e. The molecule has 0 spiro atoms. The van der Waals surface area contributed by atoms with Crippen LogP contribution >= 0.6 is 15.6 Å². The van der Waals surface area contributed by atoms with Crippen LogP contribution in [0.3, 0.4) is 0 Å². The molecule has 5 atom stereocenters. The van der Waals surface area contributed by atoms with E-state index in [0.717, 1.165) is 148 Å². The maximum atomic E-state index is 13.1. The second kappa shape index (κ2) is 77.3. The first kappa shape index (κ1) is 100. The van der Waals surface area contributed by atoms with Gasteiger partial charge in [-0.15, -0.1) is 0 Å². The maximum absolute atomic E-state index is 13.1. The first-order valence-corrected chi connectivity index (χ1v) is 43.0. The number of carbonyl (C=O) groups is 4. The molecule has 0 aliphatic heterocycles. The van der Waals surface area contributed by atoms with Gasteiger partial charge in [-0.3, -0.25) is 37.3 Å². The summed E-state index contributed by atoms with van der Waals surface area (Å²) in [6.45, 7) is 4.39. The normalized spacial score (nSPS) is 14.8. The molecule has 0 heterocycles. The third-order valence-corrected chi connectivity index (χ3v) is 17.8. The third kappa shape index (κ3) is 76.4. The first-order valence-electron chi connectivity index (χ1n) is 40.0. The Morgan fingerprint density at radius 2 is 0.509 bits per heavy atom. The van der Waals surface area contributed by atoms with E-state index in [1.807, 2.05) is 36.5 Å². The SMILES string of the molecule is CC/C=C\C/C=C\C/C=C\C/C=C\C/C=C\C/C=C\CCC(=O)OCC(COP(=O)(O)OCC(O)COP(=O)(O)OCC(COC(=O)CC/C=C\C/C=C\C/C=C\C/C=C\C/C=C\C/C=C\CC)OC(=O)CCCCCCC/C=C\CCCCCC)OC(=O)CCCCCCC/C=C\C/C=C\CCCCC. The lowest BCUT2D eigenvalue weighted by Crippen LogP contribution is -2.30. The van der Waals surface area contributed by atoms with E-state index in [0.29, 0.717) is 38.5 Å². The fraction of sp³-hybridized carbons (Fsp3) is 0.609. The molecule has 0 amide bonds. The summed E-state index contributed by atoms with van der Waals surface area (Å²) in [4.78, 5) is 73.0. The standard InChI is InChI=1S/C87H140O17P2/c1-5-9-13-17-21-25-29-33-36-38-40-42-45-48-51-55-59-63-67-71-84(89)97-77-82(103-86(91)73-69-65-61-57-53-47-32-28-24-20-16-12-8-4)79-101-105(93,94)99-75-81(88)76-100-106(95,96)102-80-83(104-87(92)74-70-66-62-58-54-50-44-35-31-27-23-19-15-11-7-3)78-98-85(90)72-68-64-60-56-52-49-46-43-41-39-37-34-30-26-22-18-14-10-6-2/h9-10,13-14,21-23,25-28,32-37,40-44,48-49,51-52,59-60,63-64,81-83,88H,5-8,11-12,15-20,24,29-31,38-39,45-47,50,53-58,61-62,65-80H2,1-4H3,(H,93,94)(H,95,96)/b13-9-,14-10-,25-21-,26-22-,27-23-,32-28-,36-33-,37-34-,42-40-,43-41-,44-35-,51-48-,52-49-,63-59-,64-60-.